The zero-order valence-electron chi connectivity index (χ0n) is 9.38. The van der Waals surface area contributed by atoms with Crippen molar-refractivity contribution in [2.24, 2.45) is 0 Å². The fourth-order valence-corrected chi connectivity index (χ4v) is 2.30. The summed E-state index contributed by atoms with van der Waals surface area (Å²) >= 11 is 3.35. The Hall–Kier alpha value is -1.31. The number of pyridine rings is 1. The topological polar surface area (TPSA) is 84.1 Å². The number of halogens is 1. The number of rotatable bonds is 2. The summed E-state index contributed by atoms with van der Waals surface area (Å²) < 4.78 is 6.08. The van der Waals surface area contributed by atoms with Gasteiger partial charge in [0.05, 0.1) is 12.1 Å². The zero-order valence-corrected chi connectivity index (χ0v) is 11.0. The van der Waals surface area contributed by atoms with Gasteiger partial charge >= 0.3 is 0 Å². The fourth-order valence-electron chi connectivity index (χ4n) is 1.93. The molecule has 0 aromatic carbocycles. The van der Waals surface area contributed by atoms with Gasteiger partial charge in [0.15, 0.2) is 0 Å². The van der Waals surface area contributed by atoms with Crippen LogP contribution in [0.2, 0.25) is 0 Å². The molecule has 0 bridgehead atoms. The van der Waals surface area contributed by atoms with Gasteiger partial charge in [-0.3, -0.25) is 4.98 Å². The van der Waals surface area contributed by atoms with Gasteiger partial charge in [-0.2, -0.15) is 4.98 Å². The number of aromatic nitrogens is 3. The molecular weight excluding hydrogens is 300 g/mol. The number of hydrogen-bond acceptors (Lipinski definition) is 6. The van der Waals surface area contributed by atoms with Crippen molar-refractivity contribution in [1.82, 2.24) is 20.4 Å². The van der Waals surface area contributed by atoms with E-state index in [9.17, 15) is 5.11 Å². The Labute approximate surface area is 112 Å². The second-order valence-corrected chi connectivity index (χ2v) is 5.11. The molecule has 3 rings (SSSR count). The molecule has 0 radical (unpaired) electrons. The van der Waals surface area contributed by atoms with Gasteiger partial charge in [0.1, 0.15) is 0 Å². The minimum atomic E-state index is -0.349. The summed E-state index contributed by atoms with van der Waals surface area (Å²) in [6.45, 7) is 0.556. The Bertz CT molecular complexity index is 559. The molecule has 0 saturated carbocycles. The summed E-state index contributed by atoms with van der Waals surface area (Å²) in [5, 5.41) is 16.5. The first-order valence-electron chi connectivity index (χ1n) is 5.58. The van der Waals surface area contributed by atoms with Gasteiger partial charge in [-0.25, -0.2) is 0 Å². The van der Waals surface area contributed by atoms with Crippen LogP contribution in [0, 0.1) is 0 Å². The standard InChI is InChI=1S/C11H11BrN4O2/c12-7-1-6(3-13-4-7)10-15-11(18-16-10)9-2-8(17)5-14-9/h1,3-4,8-9,14,17H,2,5H2/t8-,9+/m1/s1. The minimum Gasteiger partial charge on any atom is -0.392 e. The molecule has 1 saturated heterocycles. The van der Waals surface area contributed by atoms with Gasteiger partial charge in [-0.15, -0.1) is 0 Å². The lowest BCUT2D eigenvalue weighted by Gasteiger charge is -2.01. The van der Waals surface area contributed by atoms with Crippen molar-refractivity contribution in [2.45, 2.75) is 18.6 Å². The Kier molecular flexibility index (Phi) is 3.11. The van der Waals surface area contributed by atoms with Crippen LogP contribution in [0.5, 0.6) is 0 Å². The summed E-state index contributed by atoms with van der Waals surface area (Å²) in [6, 6.07) is 1.81. The summed E-state index contributed by atoms with van der Waals surface area (Å²) in [5.41, 5.74) is 0.790. The molecule has 2 N–H and O–H groups in total. The Balaban J connectivity index is 1.85. The first-order chi connectivity index (χ1) is 8.72. The average molecular weight is 311 g/mol. The predicted molar refractivity (Wildman–Crippen MR) is 66.6 cm³/mol. The molecule has 0 aliphatic carbocycles. The van der Waals surface area contributed by atoms with Gasteiger partial charge in [-0.1, -0.05) is 5.16 Å². The molecule has 0 unspecified atom stereocenters. The van der Waals surface area contributed by atoms with E-state index < -0.39 is 0 Å². The smallest absolute Gasteiger partial charge is 0.244 e. The van der Waals surface area contributed by atoms with Crippen molar-refractivity contribution in [2.75, 3.05) is 6.54 Å². The number of aliphatic hydroxyl groups excluding tert-OH is 1. The van der Waals surface area contributed by atoms with Gasteiger partial charge in [-0.05, 0) is 28.4 Å². The van der Waals surface area contributed by atoms with E-state index in [1.807, 2.05) is 6.07 Å². The van der Waals surface area contributed by atoms with E-state index in [1.54, 1.807) is 12.4 Å². The summed E-state index contributed by atoms with van der Waals surface area (Å²) in [6.07, 6.45) is 3.62. The molecule has 2 atom stereocenters. The number of nitrogens with one attached hydrogen (secondary N) is 1. The second kappa shape index (κ2) is 4.75. The van der Waals surface area contributed by atoms with Crippen molar-refractivity contribution >= 4 is 15.9 Å². The van der Waals surface area contributed by atoms with Crippen molar-refractivity contribution < 1.29 is 9.63 Å². The lowest BCUT2D eigenvalue weighted by Crippen LogP contribution is -2.15. The molecule has 6 nitrogen and oxygen atoms in total. The molecule has 3 heterocycles. The SMILES string of the molecule is O[C@H]1CN[C@H](c2nc(-c3cncc(Br)c3)no2)C1. The highest BCUT2D eigenvalue weighted by molar-refractivity contribution is 9.10. The van der Waals surface area contributed by atoms with Crippen LogP contribution in [0.3, 0.4) is 0 Å². The van der Waals surface area contributed by atoms with E-state index in [4.69, 9.17) is 4.52 Å². The summed E-state index contributed by atoms with van der Waals surface area (Å²) in [5.74, 6) is 1.00. The Morgan fingerprint density at radius 2 is 2.33 bits per heavy atom. The number of β-amino-alcohol motifs (C(OH)–C–C–N with tert-alkyl or cyclic N) is 1. The molecule has 0 amide bonds. The van der Waals surface area contributed by atoms with Crippen molar-refractivity contribution in [3.63, 3.8) is 0 Å². The van der Waals surface area contributed by atoms with E-state index in [2.05, 4.69) is 36.4 Å². The number of aliphatic hydroxyl groups is 1. The lowest BCUT2D eigenvalue weighted by atomic mass is 10.2. The first kappa shape index (κ1) is 11.8. The largest absolute Gasteiger partial charge is 0.392 e. The van der Waals surface area contributed by atoms with Gasteiger partial charge in [0, 0.05) is 29.0 Å². The van der Waals surface area contributed by atoms with Crippen LogP contribution in [0.15, 0.2) is 27.5 Å². The first-order valence-corrected chi connectivity index (χ1v) is 6.37. The third-order valence-corrected chi connectivity index (χ3v) is 3.24. The Morgan fingerprint density at radius 3 is 3.06 bits per heavy atom. The maximum atomic E-state index is 9.45. The van der Waals surface area contributed by atoms with E-state index in [0.717, 1.165) is 10.0 Å². The van der Waals surface area contributed by atoms with E-state index in [-0.39, 0.29) is 12.1 Å². The highest BCUT2D eigenvalue weighted by atomic mass is 79.9. The molecule has 1 aliphatic heterocycles. The monoisotopic (exact) mass is 310 g/mol. The molecule has 18 heavy (non-hydrogen) atoms. The van der Waals surface area contributed by atoms with Crippen LogP contribution in [0.4, 0.5) is 0 Å². The molecule has 2 aromatic heterocycles. The molecule has 1 fully saturated rings. The Morgan fingerprint density at radius 1 is 1.44 bits per heavy atom. The van der Waals surface area contributed by atoms with Gasteiger partial charge in [0.2, 0.25) is 11.7 Å². The third kappa shape index (κ3) is 2.29. The molecule has 0 spiro atoms. The molecule has 1 aliphatic rings. The van der Waals surface area contributed by atoms with E-state index in [1.165, 1.54) is 0 Å². The molecular formula is C11H11BrN4O2. The third-order valence-electron chi connectivity index (χ3n) is 2.81. The van der Waals surface area contributed by atoms with Gasteiger partial charge in [0.25, 0.3) is 0 Å². The van der Waals surface area contributed by atoms with E-state index in [0.29, 0.717) is 24.7 Å². The van der Waals surface area contributed by atoms with Crippen LogP contribution >= 0.6 is 15.9 Å². The summed E-state index contributed by atoms with van der Waals surface area (Å²) in [7, 11) is 0. The maximum absolute atomic E-state index is 9.45. The van der Waals surface area contributed by atoms with Crippen molar-refractivity contribution in [3.8, 4) is 11.4 Å². The fraction of sp³-hybridized carbons (Fsp3) is 0.364. The minimum absolute atomic E-state index is 0.0682. The predicted octanol–water partition coefficient (Wildman–Crippen LogP) is 1.29. The number of hydrogen-bond donors (Lipinski definition) is 2. The second-order valence-electron chi connectivity index (χ2n) is 4.20. The highest BCUT2D eigenvalue weighted by Crippen LogP contribution is 2.25. The molecule has 2 aromatic rings. The molecule has 7 heteroatoms. The van der Waals surface area contributed by atoms with Crippen LogP contribution in [0.1, 0.15) is 18.4 Å². The van der Waals surface area contributed by atoms with Crippen molar-refractivity contribution in [3.05, 3.63) is 28.8 Å². The van der Waals surface area contributed by atoms with Gasteiger partial charge < -0.3 is 14.9 Å². The van der Waals surface area contributed by atoms with Crippen LogP contribution in [-0.4, -0.2) is 32.9 Å². The summed E-state index contributed by atoms with van der Waals surface area (Å²) in [4.78, 5) is 8.38. The zero-order chi connectivity index (χ0) is 12.5. The quantitative estimate of drug-likeness (QED) is 0.869. The average Bonchev–Trinajstić information content (AvgIpc) is 2.97. The normalized spacial score (nSPS) is 23.4. The van der Waals surface area contributed by atoms with Crippen LogP contribution in [0.25, 0.3) is 11.4 Å². The molecule has 94 valence electrons. The van der Waals surface area contributed by atoms with E-state index >= 15 is 0 Å². The number of nitrogens with zero attached hydrogens (tertiary/aromatic N) is 3. The van der Waals surface area contributed by atoms with Crippen LogP contribution in [-0.2, 0) is 0 Å². The highest BCUT2D eigenvalue weighted by Gasteiger charge is 2.28. The lowest BCUT2D eigenvalue weighted by molar-refractivity contribution is 0.191. The maximum Gasteiger partial charge on any atom is 0.244 e. The van der Waals surface area contributed by atoms with Crippen molar-refractivity contribution in [1.29, 1.82) is 0 Å². The van der Waals surface area contributed by atoms with Crippen LogP contribution < -0.4 is 5.32 Å².